The molecule has 0 aliphatic carbocycles. The fourth-order valence-corrected chi connectivity index (χ4v) is 4.77. The zero-order chi connectivity index (χ0) is 23.2. The van der Waals surface area contributed by atoms with E-state index in [1.54, 1.807) is 68.7 Å². The molecule has 0 saturated carbocycles. The summed E-state index contributed by atoms with van der Waals surface area (Å²) in [5, 5.41) is 8.84. The number of hydrogen-bond acceptors (Lipinski definition) is 7. The van der Waals surface area contributed by atoms with Crippen LogP contribution >= 0.6 is 0 Å². The van der Waals surface area contributed by atoms with Gasteiger partial charge in [-0.25, -0.2) is 13.4 Å². The number of sulfone groups is 1. The summed E-state index contributed by atoms with van der Waals surface area (Å²) in [6.07, 6.45) is 0.547. The van der Waals surface area contributed by atoms with E-state index in [1.165, 1.54) is 4.90 Å². The first kappa shape index (κ1) is 23.7. The molecule has 172 valence electrons. The second kappa shape index (κ2) is 10.1. The molecule has 0 fully saturated rings. The number of aliphatic imine (C=N–C) groups is 1. The highest BCUT2D eigenvalue weighted by atomic mass is 32.2. The third-order valence-corrected chi connectivity index (χ3v) is 6.86. The van der Waals surface area contributed by atoms with Gasteiger partial charge in [0.05, 0.1) is 17.3 Å². The van der Waals surface area contributed by atoms with Gasteiger partial charge in [0, 0.05) is 32.7 Å². The summed E-state index contributed by atoms with van der Waals surface area (Å²) >= 11 is 0. The van der Waals surface area contributed by atoms with Gasteiger partial charge in [-0.15, -0.1) is 0 Å². The predicted molar refractivity (Wildman–Crippen MR) is 121 cm³/mol. The minimum absolute atomic E-state index is 0.00704. The monoisotopic (exact) mass is 460 g/mol. The predicted octanol–water partition coefficient (Wildman–Crippen LogP) is 1.92. The first-order valence-corrected chi connectivity index (χ1v) is 12.0. The molecule has 1 atom stereocenters. The Bertz CT molecular complexity index is 1050. The number of carbonyl (C=O) groups is 1. The average Bonchev–Trinajstić information content (AvgIpc) is 3.24. The Morgan fingerprint density at radius 1 is 1.16 bits per heavy atom. The van der Waals surface area contributed by atoms with Gasteiger partial charge in [-0.2, -0.15) is 0 Å². The highest BCUT2D eigenvalue weighted by Crippen LogP contribution is 2.29. The van der Waals surface area contributed by atoms with Crippen LogP contribution in [-0.4, -0.2) is 75.4 Å². The Kier molecular flexibility index (Phi) is 7.52. The Labute approximate surface area is 188 Å². The summed E-state index contributed by atoms with van der Waals surface area (Å²) in [7, 11) is -0.348. The highest BCUT2D eigenvalue weighted by molar-refractivity contribution is 7.91. The third kappa shape index (κ3) is 5.46. The maximum atomic E-state index is 13.0. The van der Waals surface area contributed by atoms with Crippen LogP contribution in [0.3, 0.4) is 0 Å². The molecule has 0 radical (unpaired) electrons. The Hall–Kier alpha value is -2.91. The number of amides is 1. The van der Waals surface area contributed by atoms with E-state index in [9.17, 15) is 13.2 Å². The molecule has 1 heterocycles. The molecule has 0 unspecified atom stereocenters. The quantitative estimate of drug-likeness (QED) is 0.543. The van der Waals surface area contributed by atoms with E-state index < -0.39 is 15.4 Å². The molecule has 3 rings (SSSR count). The molecule has 2 aromatic rings. The van der Waals surface area contributed by atoms with Crippen molar-refractivity contribution in [3.63, 3.8) is 0 Å². The van der Waals surface area contributed by atoms with E-state index in [0.29, 0.717) is 30.2 Å². The molecular formula is C23H28N2O6S. The van der Waals surface area contributed by atoms with Gasteiger partial charge in [0.2, 0.25) is 5.90 Å². The van der Waals surface area contributed by atoms with Crippen molar-refractivity contribution in [1.82, 2.24) is 4.90 Å². The van der Waals surface area contributed by atoms with Crippen molar-refractivity contribution in [2.24, 2.45) is 4.99 Å². The van der Waals surface area contributed by atoms with E-state index >= 15 is 0 Å². The largest absolute Gasteiger partial charge is 0.494 e. The lowest BCUT2D eigenvalue weighted by atomic mass is 9.97. The number of likely N-dealkylation sites (N-methyl/N-ethyl adjacent to an activating group) is 1. The van der Waals surface area contributed by atoms with E-state index in [4.69, 9.17) is 14.6 Å². The van der Waals surface area contributed by atoms with Gasteiger partial charge in [0.15, 0.2) is 15.4 Å². The number of nitrogens with zero attached hydrogens (tertiary/aromatic N) is 2. The first-order valence-electron chi connectivity index (χ1n) is 10.3. The zero-order valence-electron chi connectivity index (χ0n) is 18.2. The minimum atomic E-state index is -3.57. The standard InChI is InChI=1S/C23H28N2O6S/c1-25(2)22(27)23(13-16-32(28,29)20-7-4-3-5-8-20)17-31-21(24-23)18-9-11-19(12-10-18)30-15-6-14-26/h3-5,7-12,26H,6,13-17H2,1-2H3/t23-/m1/s1. The van der Waals surface area contributed by atoms with Crippen molar-refractivity contribution in [2.45, 2.75) is 23.3 Å². The second-order valence-corrected chi connectivity index (χ2v) is 9.88. The zero-order valence-corrected chi connectivity index (χ0v) is 19.0. The smallest absolute Gasteiger partial charge is 0.253 e. The molecule has 1 aliphatic heterocycles. The molecular weight excluding hydrogens is 432 g/mol. The fraction of sp³-hybridized carbons (Fsp3) is 0.391. The molecule has 8 nitrogen and oxygen atoms in total. The van der Waals surface area contributed by atoms with Gasteiger partial charge in [0.25, 0.3) is 5.91 Å². The molecule has 2 aromatic carbocycles. The number of benzene rings is 2. The molecule has 0 spiro atoms. The lowest BCUT2D eigenvalue weighted by molar-refractivity contribution is -0.134. The fourth-order valence-electron chi connectivity index (χ4n) is 3.35. The van der Waals surface area contributed by atoms with E-state index in [0.717, 1.165) is 0 Å². The van der Waals surface area contributed by atoms with Gasteiger partial charge >= 0.3 is 0 Å². The topological polar surface area (TPSA) is 106 Å². The van der Waals surface area contributed by atoms with Gasteiger partial charge < -0.3 is 19.5 Å². The SMILES string of the molecule is CN(C)C(=O)[C@@]1(CCS(=O)(=O)c2ccccc2)COC(c2ccc(OCCCO)cc2)=N1. The molecule has 32 heavy (non-hydrogen) atoms. The van der Waals surface area contributed by atoms with Crippen molar-refractivity contribution >= 4 is 21.6 Å². The maximum absolute atomic E-state index is 13.0. The van der Waals surface area contributed by atoms with Crippen molar-refractivity contribution in [1.29, 1.82) is 0 Å². The summed E-state index contributed by atoms with van der Waals surface area (Å²) in [4.78, 5) is 19.2. The minimum Gasteiger partial charge on any atom is -0.494 e. The number of carbonyl (C=O) groups excluding carboxylic acids is 1. The molecule has 0 saturated heterocycles. The number of hydrogen-bond donors (Lipinski definition) is 1. The van der Waals surface area contributed by atoms with Crippen LogP contribution in [0.2, 0.25) is 0 Å². The number of aliphatic hydroxyl groups excluding tert-OH is 1. The normalized spacial score (nSPS) is 18.0. The van der Waals surface area contributed by atoms with Crippen LogP contribution in [0.4, 0.5) is 0 Å². The summed E-state index contributed by atoms with van der Waals surface area (Å²) in [6.45, 7) is 0.437. The number of ether oxygens (including phenoxy) is 2. The Morgan fingerprint density at radius 3 is 2.47 bits per heavy atom. The summed E-state index contributed by atoms with van der Waals surface area (Å²) in [6, 6.07) is 15.2. The molecule has 1 N–H and O–H groups in total. The van der Waals surface area contributed by atoms with Crippen LogP contribution in [0, 0.1) is 0 Å². The maximum Gasteiger partial charge on any atom is 0.253 e. The van der Waals surface area contributed by atoms with Crippen LogP contribution in [0.1, 0.15) is 18.4 Å². The van der Waals surface area contributed by atoms with E-state index in [1.807, 2.05) is 0 Å². The highest BCUT2D eigenvalue weighted by Gasteiger charge is 2.46. The van der Waals surface area contributed by atoms with E-state index in [2.05, 4.69) is 4.99 Å². The van der Waals surface area contributed by atoms with Gasteiger partial charge in [-0.3, -0.25) is 4.79 Å². The Morgan fingerprint density at radius 2 is 1.84 bits per heavy atom. The van der Waals surface area contributed by atoms with Crippen LogP contribution in [0.15, 0.2) is 64.5 Å². The molecule has 1 aliphatic rings. The lowest BCUT2D eigenvalue weighted by Gasteiger charge is -2.26. The van der Waals surface area contributed by atoms with Crippen molar-refractivity contribution in [2.75, 3.05) is 39.7 Å². The van der Waals surface area contributed by atoms with Crippen molar-refractivity contribution in [3.8, 4) is 5.75 Å². The average molecular weight is 461 g/mol. The summed E-state index contributed by atoms with van der Waals surface area (Å²) in [5.74, 6) is 0.401. The van der Waals surface area contributed by atoms with E-state index in [-0.39, 0.29) is 36.2 Å². The third-order valence-electron chi connectivity index (χ3n) is 5.13. The second-order valence-electron chi connectivity index (χ2n) is 7.77. The summed E-state index contributed by atoms with van der Waals surface area (Å²) in [5.41, 5.74) is -0.643. The van der Waals surface area contributed by atoms with Gasteiger partial charge in [-0.1, -0.05) is 18.2 Å². The molecule has 0 bridgehead atoms. The number of aliphatic hydroxyl groups is 1. The van der Waals surface area contributed by atoms with Crippen LogP contribution < -0.4 is 4.74 Å². The Balaban J connectivity index is 1.81. The first-order chi connectivity index (χ1) is 15.3. The lowest BCUT2D eigenvalue weighted by Crippen LogP contribution is -2.47. The van der Waals surface area contributed by atoms with Crippen molar-refractivity contribution in [3.05, 3.63) is 60.2 Å². The summed E-state index contributed by atoms with van der Waals surface area (Å²) < 4.78 is 36.8. The molecule has 1 amide bonds. The van der Waals surface area contributed by atoms with Crippen LogP contribution in [0.25, 0.3) is 0 Å². The number of rotatable bonds is 10. The van der Waals surface area contributed by atoms with Gasteiger partial charge in [-0.05, 0) is 42.8 Å². The molecule has 9 heteroatoms. The molecule has 0 aromatic heterocycles. The van der Waals surface area contributed by atoms with Crippen LogP contribution in [0.5, 0.6) is 5.75 Å². The van der Waals surface area contributed by atoms with Gasteiger partial charge in [0.1, 0.15) is 12.4 Å². The van der Waals surface area contributed by atoms with Crippen molar-refractivity contribution < 1.29 is 27.8 Å². The van der Waals surface area contributed by atoms with Crippen LogP contribution in [-0.2, 0) is 19.4 Å².